The third-order valence-electron chi connectivity index (χ3n) is 7.22. The molecule has 1 aliphatic carbocycles. The Balaban J connectivity index is 2.12. The van der Waals surface area contributed by atoms with E-state index in [1.807, 2.05) is 18.2 Å². The number of ether oxygens (including phenoxy) is 2. The van der Waals surface area contributed by atoms with Crippen LogP contribution >= 0.6 is 0 Å². The average molecular weight is 572 g/mol. The fourth-order valence-electron chi connectivity index (χ4n) is 5.09. The van der Waals surface area contributed by atoms with Crippen molar-refractivity contribution in [1.29, 1.82) is 0 Å². The van der Waals surface area contributed by atoms with E-state index in [4.69, 9.17) is 9.47 Å². The van der Waals surface area contributed by atoms with Crippen molar-refractivity contribution in [1.82, 2.24) is 4.90 Å². The van der Waals surface area contributed by atoms with Gasteiger partial charge in [0, 0.05) is 18.7 Å². The molecule has 0 saturated carbocycles. The maximum absolute atomic E-state index is 13.5. The molecule has 4 nitrogen and oxygen atoms in total. The number of benzene rings is 2. The molecule has 0 unspecified atom stereocenters. The maximum Gasteiger partial charge on any atom is 0.416 e. The number of methoxy groups -OCH3 is 2. The van der Waals surface area contributed by atoms with Crippen LogP contribution in [0.1, 0.15) is 80.7 Å². The fraction of sp³-hybridized carbons (Fsp3) is 0.500. The van der Waals surface area contributed by atoms with E-state index in [0.29, 0.717) is 30.7 Å². The summed E-state index contributed by atoms with van der Waals surface area (Å²) >= 11 is 0. The topological polar surface area (TPSA) is 38.8 Å². The molecule has 10 heteroatoms. The van der Waals surface area contributed by atoms with Crippen molar-refractivity contribution in [2.75, 3.05) is 20.8 Å². The summed E-state index contributed by atoms with van der Waals surface area (Å²) in [5.41, 5.74) is 0.444. The molecule has 0 fully saturated rings. The van der Waals surface area contributed by atoms with Crippen molar-refractivity contribution in [2.24, 2.45) is 5.41 Å². The fourth-order valence-corrected chi connectivity index (χ4v) is 5.09. The van der Waals surface area contributed by atoms with Crippen molar-refractivity contribution in [2.45, 2.75) is 71.8 Å². The second kappa shape index (κ2) is 11.7. The summed E-state index contributed by atoms with van der Waals surface area (Å²) in [6.07, 6.45) is -8.76. The molecular weight excluding hydrogens is 536 g/mol. The van der Waals surface area contributed by atoms with Crippen LogP contribution in [0.3, 0.4) is 0 Å². The molecule has 0 heterocycles. The minimum atomic E-state index is -4.99. The summed E-state index contributed by atoms with van der Waals surface area (Å²) in [4.78, 5) is 14.0. The summed E-state index contributed by atoms with van der Waals surface area (Å²) in [7, 11) is 2.69. The molecule has 0 radical (unpaired) electrons. The van der Waals surface area contributed by atoms with Gasteiger partial charge in [0.25, 0.3) is 0 Å². The van der Waals surface area contributed by atoms with Gasteiger partial charge in [-0.3, -0.25) is 4.90 Å². The number of rotatable bonds is 7. The number of amides is 1. The van der Waals surface area contributed by atoms with Gasteiger partial charge in [-0.25, -0.2) is 4.79 Å². The van der Waals surface area contributed by atoms with Crippen LogP contribution < -0.4 is 4.74 Å². The first-order chi connectivity index (χ1) is 18.4. The van der Waals surface area contributed by atoms with Crippen LogP contribution in [0.2, 0.25) is 0 Å². The van der Waals surface area contributed by atoms with Crippen LogP contribution in [-0.4, -0.2) is 31.8 Å². The summed E-state index contributed by atoms with van der Waals surface area (Å²) in [6.45, 7) is 7.76. The minimum absolute atomic E-state index is 0.0297. The van der Waals surface area contributed by atoms with Crippen molar-refractivity contribution < 1.29 is 40.6 Å². The highest BCUT2D eigenvalue weighted by Gasteiger charge is 2.37. The van der Waals surface area contributed by atoms with E-state index in [-0.39, 0.29) is 29.5 Å². The lowest BCUT2D eigenvalue weighted by Crippen LogP contribution is -2.34. The van der Waals surface area contributed by atoms with Gasteiger partial charge in [-0.15, -0.1) is 0 Å². The van der Waals surface area contributed by atoms with Gasteiger partial charge in [0.1, 0.15) is 5.75 Å². The molecule has 0 aromatic heterocycles. The number of carbonyl (C=O) groups is 1. The molecule has 2 aromatic rings. The summed E-state index contributed by atoms with van der Waals surface area (Å²) in [5, 5.41) is 0. The van der Waals surface area contributed by atoms with Gasteiger partial charge >= 0.3 is 18.4 Å². The van der Waals surface area contributed by atoms with Crippen LogP contribution in [0.5, 0.6) is 5.75 Å². The van der Waals surface area contributed by atoms with Crippen molar-refractivity contribution >= 4 is 11.7 Å². The predicted molar refractivity (Wildman–Crippen MR) is 141 cm³/mol. The average Bonchev–Trinajstić information content (AvgIpc) is 2.86. The minimum Gasteiger partial charge on any atom is -0.496 e. The molecular formula is C30H35F6NO3. The number of halogens is 6. The van der Waals surface area contributed by atoms with Crippen molar-refractivity contribution in [3.8, 4) is 5.75 Å². The Hall–Kier alpha value is -3.17. The highest BCUT2D eigenvalue weighted by Crippen LogP contribution is 2.45. The second-order valence-electron chi connectivity index (χ2n) is 11.3. The Morgan fingerprint density at radius 2 is 1.55 bits per heavy atom. The third-order valence-corrected chi connectivity index (χ3v) is 7.22. The number of allylic oxidation sites excluding steroid dienone is 1. The molecule has 0 spiro atoms. The van der Waals surface area contributed by atoms with E-state index in [0.717, 1.165) is 40.7 Å². The van der Waals surface area contributed by atoms with Crippen LogP contribution in [-0.2, 0) is 23.6 Å². The lowest BCUT2D eigenvalue weighted by molar-refractivity contribution is -0.143. The number of nitrogens with zero attached hydrogens (tertiary/aromatic N) is 1. The van der Waals surface area contributed by atoms with Crippen LogP contribution in [0.25, 0.3) is 5.57 Å². The zero-order chi connectivity index (χ0) is 30.0. The number of alkyl halides is 6. The number of hydrogen-bond donors (Lipinski definition) is 0. The van der Waals surface area contributed by atoms with E-state index >= 15 is 0 Å². The third kappa shape index (κ3) is 7.52. The molecule has 2 aromatic carbocycles. The quantitative estimate of drug-likeness (QED) is 0.311. The molecule has 1 amide bonds. The Bertz CT molecular complexity index is 1230. The van der Waals surface area contributed by atoms with Gasteiger partial charge in [0.2, 0.25) is 0 Å². The van der Waals surface area contributed by atoms with Gasteiger partial charge in [0.05, 0.1) is 25.3 Å². The lowest BCUT2D eigenvalue weighted by Gasteiger charge is -2.36. The Kier molecular flexibility index (Phi) is 9.21. The number of hydrogen-bond acceptors (Lipinski definition) is 3. The highest BCUT2D eigenvalue weighted by atomic mass is 19.4. The molecule has 0 atom stereocenters. The van der Waals surface area contributed by atoms with Crippen LogP contribution in [0, 0.1) is 5.41 Å². The monoisotopic (exact) mass is 571 g/mol. The van der Waals surface area contributed by atoms with Crippen LogP contribution in [0.4, 0.5) is 31.1 Å². The lowest BCUT2D eigenvalue weighted by atomic mass is 9.72. The SMILES string of the molecule is COC(=O)N(CC1=C(c2cc(C(C)C)ccc2OC)CCC(C)(C)C1)Cc1cc(C(F)(F)F)cc(C(F)(F)F)c1. The van der Waals surface area contributed by atoms with E-state index in [9.17, 15) is 31.1 Å². The summed E-state index contributed by atoms with van der Waals surface area (Å²) in [5.74, 6) is 0.887. The van der Waals surface area contributed by atoms with E-state index < -0.39 is 36.1 Å². The first-order valence-electron chi connectivity index (χ1n) is 13.0. The zero-order valence-corrected chi connectivity index (χ0v) is 23.5. The smallest absolute Gasteiger partial charge is 0.416 e. The van der Waals surface area contributed by atoms with Gasteiger partial charge in [0.15, 0.2) is 0 Å². The molecule has 0 saturated heterocycles. The molecule has 40 heavy (non-hydrogen) atoms. The first-order valence-corrected chi connectivity index (χ1v) is 13.0. The van der Waals surface area contributed by atoms with Gasteiger partial charge in [-0.05, 0) is 83.2 Å². The van der Waals surface area contributed by atoms with Crippen LogP contribution in [0.15, 0.2) is 42.0 Å². The molecule has 3 rings (SSSR count). The molecule has 0 N–H and O–H groups in total. The summed E-state index contributed by atoms with van der Waals surface area (Å²) in [6, 6.07) is 7.26. The van der Waals surface area contributed by atoms with Gasteiger partial charge < -0.3 is 9.47 Å². The van der Waals surface area contributed by atoms with E-state index in [2.05, 4.69) is 27.7 Å². The van der Waals surface area contributed by atoms with Crippen molar-refractivity contribution in [3.05, 3.63) is 69.8 Å². The largest absolute Gasteiger partial charge is 0.496 e. The molecule has 0 bridgehead atoms. The Morgan fingerprint density at radius 1 is 0.950 bits per heavy atom. The molecule has 1 aliphatic rings. The Labute approximate surface area is 231 Å². The highest BCUT2D eigenvalue weighted by molar-refractivity contribution is 5.76. The first kappa shape index (κ1) is 31.4. The number of carbonyl (C=O) groups excluding carboxylic acids is 1. The van der Waals surface area contributed by atoms with Crippen molar-refractivity contribution in [3.63, 3.8) is 0 Å². The standard InChI is InChI=1S/C30H35F6NO3/c1-18(2)20-7-8-26(39-5)25(13-20)24-9-10-28(3,4)15-21(24)17-37(27(38)40-6)16-19-11-22(29(31,32)33)14-23(12-19)30(34,35)36/h7-8,11-14,18H,9-10,15-17H2,1-6H3. The maximum atomic E-state index is 13.5. The molecule has 0 aliphatic heterocycles. The predicted octanol–water partition coefficient (Wildman–Crippen LogP) is 9.09. The summed E-state index contributed by atoms with van der Waals surface area (Å²) < 4.78 is 91.3. The van der Waals surface area contributed by atoms with E-state index in [1.54, 1.807) is 7.11 Å². The van der Waals surface area contributed by atoms with E-state index in [1.165, 1.54) is 0 Å². The normalized spacial score (nSPS) is 15.8. The van der Waals surface area contributed by atoms with Gasteiger partial charge in [-0.1, -0.05) is 33.8 Å². The molecule has 220 valence electrons. The zero-order valence-electron chi connectivity index (χ0n) is 23.5. The second-order valence-corrected chi connectivity index (χ2v) is 11.3. The van der Waals surface area contributed by atoms with Gasteiger partial charge in [-0.2, -0.15) is 26.3 Å². The Morgan fingerprint density at radius 3 is 2.05 bits per heavy atom.